The Kier molecular flexibility index (Phi) is 2.71. The Hall–Kier alpha value is -0.280. The third-order valence-electron chi connectivity index (χ3n) is 0.408. The molecule has 0 aliphatic rings. The number of hydroxylamine groups is 1. The highest BCUT2D eigenvalue weighted by Gasteiger charge is 1.98. The Bertz CT molecular complexity index is 75.3. The summed E-state index contributed by atoms with van der Waals surface area (Å²) in [5.74, 6) is -0.329. The zero-order valence-electron chi connectivity index (χ0n) is 4.14. The third kappa shape index (κ3) is 2.42. The molecule has 0 N–H and O–H groups in total. The summed E-state index contributed by atoms with van der Waals surface area (Å²) in [4.78, 5) is 14.3. The zero-order valence-corrected chi connectivity index (χ0v) is 4.90. The van der Waals surface area contributed by atoms with Crippen molar-refractivity contribution in [1.82, 2.24) is 4.58 Å². The van der Waals surface area contributed by atoms with Crippen molar-refractivity contribution in [1.29, 1.82) is 0 Å². The Morgan fingerprint density at radius 1 is 1.86 bits per heavy atom. The van der Waals surface area contributed by atoms with Gasteiger partial charge in [0.05, 0.1) is 7.11 Å². The van der Waals surface area contributed by atoms with Crippen LogP contribution in [0.4, 0.5) is 0 Å². The minimum Gasteiger partial charge on any atom is -0.272 e. The molecule has 0 fully saturated rings. The second-order valence-electron chi connectivity index (χ2n) is 0.946. The molecule has 4 heteroatoms. The first-order chi connectivity index (χ1) is 3.18. The van der Waals surface area contributed by atoms with E-state index in [1.54, 1.807) is 0 Å². The standard InChI is InChI=1S/C3H6ClNO2/c1-3(6)5(4)7-2/h1-2H3. The van der Waals surface area contributed by atoms with Gasteiger partial charge in [-0.05, 0) is 0 Å². The van der Waals surface area contributed by atoms with Gasteiger partial charge >= 0.3 is 0 Å². The number of hydrogen-bond acceptors (Lipinski definition) is 2. The number of hydrogen-bond donors (Lipinski definition) is 0. The summed E-state index contributed by atoms with van der Waals surface area (Å²) in [7, 11) is 1.31. The van der Waals surface area contributed by atoms with Crippen LogP contribution in [0.2, 0.25) is 0 Å². The maximum Gasteiger partial charge on any atom is 0.258 e. The van der Waals surface area contributed by atoms with Gasteiger partial charge in [-0.25, -0.2) is 0 Å². The van der Waals surface area contributed by atoms with Crippen molar-refractivity contribution in [2.45, 2.75) is 6.92 Å². The highest BCUT2D eigenvalue weighted by atomic mass is 35.5. The molecule has 42 valence electrons. The molecule has 0 bridgehead atoms. The fourth-order valence-corrected chi connectivity index (χ4v) is 0.129. The van der Waals surface area contributed by atoms with Crippen LogP contribution in [0.5, 0.6) is 0 Å². The van der Waals surface area contributed by atoms with Crippen LogP contribution < -0.4 is 0 Å². The number of amides is 1. The molecule has 0 aliphatic heterocycles. The molecule has 0 unspecified atom stereocenters. The minimum atomic E-state index is -0.329. The summed E-state index contributed by atoms with van der Waals surface area (Å²) in [5, 5.41) is 0. The summed E-state index contributed by atoms with van der Waals surface area (Å²) in [5.41, 5.74) is 0. The second-order valence-corrected chi connectivity index (χ2v) is 1.25. The number of rotatable bonds is 1. The average molecular weight is 124 g/mol. The van der Waals surface area contributed by atoms with E-state index >= 15 is 0 Å². The topological polar surface area (TPSA) is 29.5 Å². The second kappa shape index (κ2) is 2.82. The van der Waals surface area contributed by atoms with E-state index in [-0.39, 0.29) is 5.91 Å². The lowest BCUT2D eigenvalue weighted by Gasteiger charge is -2.03. The van der Waals surface area contributed by atoms with Crippen LogP contribution in [0.15, 0.2) is 0 Å². The molecule has 0 saturated carbocycles. The third-order valence-corrected chi connectivity index (χ3v) is 0.784. The van der Waals surface area contributed by atoms with Crippen LogP contribution in [-0.2, 0) is 9.63 Å². The van der Waals surface area contributed by atoms with Gasteiger partial charge in [0.2, 0.25) is 0 Å². The number of carbonyl (C=O) groups is 1. The van der Waals surface area contributed by atoms with Crippen LogP contribution >= 0.6 is 11.8 Å². The van der Waals surface area contributed by atoms with Gasteiger partial charge in [-0.15, -0.1) is 4.58 Å². The lowest BCUT2D eigenvalue weighted by Crippen LogP contribution is -2.15. The molecule has 0 aliphatic carbocycles. The fraction of sp³-hybridized carbons (Fsp3) is 0.667. The molecule has 0 atom stereocenters. The number of carbonyl (C=O) groups excluding carboxylic acids is 1. The van der Waals surface area contributed by atoms with E-state index in [1.807, 2.05) is 0 Å². The molecule has 1 amide bonds. The SMILES string of the molecule is CON(Cl)C(C)=O. The van der Waals surface area contributed by atoms with Gasteiger partial charge in [0.1, 0.15) is 0 Å². The summed E-state index contributed by atoms with van der Waals surface area (Å²) >= 11 is 5.06. The smallest absolute Gasteiger partial charge is 0.258 e. The van der Waals surface area contributed by atoms with Crippen molar-refractivity contribution in [2.24, 2.45) is 0 Å². The Morgan fingerprint density at radius 3 is 2.29 bits per heavy atom. The summed E-state index contributed by atoms with van der Waals surface area (Å²) in [6, 6.07) is 0. The van der Waals surface area contributed by atoms with Gasteiger partial charge in [0, 0.05) is 18.7 Å². The van der Waals surface area contributed by atoms with Gasteiger partial charge in [-0.1, -0.05) is 0 Å². The van der Waals surface area contributed by atoms with Crippen LogP contribution in [-0.4, -0.2) is 17.6 Å². The molecule has 0 spiro atoms. The predicted molar refractivity (Wildman–Crippen MR) is 25.4 cm³/mol. The zero-order chi connectivity index (χ0) is 5.86. The van der Waals surface area contributed by atoms with Gasteiger partial charge in [0.15, 0.2) is 0 Å². The van der Waals surface area contributed by atoms with Gasteiger partial charge in [-0.3, -0.25) is 9.63 Å². The Morgan fingerprint density at radius 2 is 2.29 bits per heavy atom. The largest absolute Gasteiger partial charge is 0.272 e. The predicted octanol–water partition coefficient (Wildman–Crippen LogP) is 0.550. The normalized spacial score (nSPS) is 8.43. The number of halogens is 1. The van der Waals surface area contributed by atoms with E-state index in [4.69, 9.17) is 11.8 Å². The fourth-order valence-electron chi connectivity index (χ4n) is 0.129. The van der Waals surface area contributed by atoms with E-state index in [1.165, 1.54) is 14.0 Å². The molecule has 0 saturated heterocycles. The van der Waals surface area contributed by atoms with Gasteiger partial charge in [0.25, 0.3) is 5.91 Å². The molecule has 0 aromatic rings. The van der Waals surface area contributed by atoms with E-state index in [0.717, 1.165) is 0 Å². The molecule has 0 rings (SSSR count). The van der Waals surface area contributed by atoms with E-state index in [0.29, 0.717) is 4.58 Å². The van der Waals surface area contributed by atoms with Crippen molar-refractivity contribution < 1.29 is 9.63 Å². The van der Waals surface area contributed by atoms with Gasteiger partial charge in [-0.2, -0.15) is 0 Å². The average Bonchev–Trinajstić information content (AvgIpc) is 1.65. The quantitative estimate of drug-likeness (QED) is 0.377. The molecule has 0 aromatic heterocycles. The maximum absolute atomic E-state index is 10.0. The van der Waals surface area contributed by atoms with Crippen molar-refractivity contribution >= 4 is 17.7 Å². The Labute approximate surface area is 46.9 Å². The van der Waals surface area contributed by atoms with E-state index in [9.17, 15) is 4.79 Å². The van der Waals surface area contributed by atoms with Crippen molar-refractivity contribution in [2.75, 3.05) is 7.11 Å². The summed E-state index contributed by atoms with van der Waals surface area (Å²) in [6.45, 7) is 1.30. The highest BCUT2D eigenvalue weighted by molar-refractivity contribution is 6.19. The van der Waals surface area contributed by atoms with Gasteiger partial charge < -0.3 is 0 Å². The lowest BCUT2D eigenvalue weighted by atomic mass is 10.8. The molecule has 3 nitrogen and oxygen atoms in total. The summed E-state index contributed by atoms with van der Waals surface area (Å²) in [6.07, 6.45) is 0. The van der Waals surface area contributed by atoms with Crippen LogP contribution in [0, 0.1) is 0 Å². The van der Waals surface area contributed by atoms with Crippen LogP contribution in [0.25, 0.3) is 0 Å². The molecule has 0 aromatic carbocycles. The molecule has 0 radical (unpaired) electrons. The molecule has 7 heavy (non-hydrogen) atoms. The summed E-state index contributed by atoms with van der Waals surface area (Å²) < 4.78 is 0.625. The lowest BCUT2D eigenvalue weighted by molar-refractivity contribution is -0.149. The first kappa shape index (κ1) is 6.72. The van der Waals surface area contributed by atoms with Crippen LogP contribution in [0.1, 0.15) is 6.92 Å². The minimum absolute atomic E-state index is 0.329. The molecule has 0 heterocycles. The highest BCUT2D eigenvalue weighted by Crippen LogP contribution is 1.91. The monoisotopic (exact) mass is 123 g/mol. The first-order valence-corrected chi connectivity index (χ1v) is 2.03. The Balaban J connectivity index is 3.34. The maximum atomic E-state index is 10.0. The molecular weight excluding hydrogens is 117 g/mol. The van der Waals surface area contributed by atoms with E-state index < -0.39 is 0 Å². The van der Waals surface area contributed by atoms with E-state index in [2.05, 4.69) is 4.84 Å². The van der Waals surface area contributed by atoms with Crippen molar-refractivity contribution in [3.63, 3.8) is 0 Å². The first-order valence-electron chi connectivity index (χ1n) is 1.69. The molecular formula is C3H6ClNO2. The number of nitrogens with zero attached hydrogens (tertiary/aromatic N) is 1. The van der Waals surface area contributed by atoms with Crippen LogP contribution in [0.3, 0.4) is 0 Å². The van der Waals surface area contributed by atoms with Crippen molar-refractivity contribution in [3.8, 4) is 0 Å². The van der Waals surface area contributed by atoms with Crippen molar-refractivity contribution in [3.05, 3.63) is 0 Å².